The average Bonchev–Trinajstić information content (AvgIpc) is 2.98. The van der Waals surface area contributed by atoms with Gasteiger partial charge in [0.1, 0.15) is 11.3 Å². The molecule has 0 radical (unpaired) electrons. The van der Waals surface area contributed by atoms with Crippen molar-refractivity contribution in [3.8, 4) is 11.4 Å². The summed E-state index contributed by atoms with van der Waals surface area (Å²) in [6.07, 6.45) is 2.99. The normalized spacial score (nSPS) is 19.0. The van der Waals surface area contributed by atoms with E-state index >= 15 is 0 Å². The molecule has 1 saturated heterocycles. The summed E-state index contributed by atoms with van der Waals surface area (Å²) in [6.45, 7) is 3.11. The molecule has 2 aromatic rings. The zero-order chi connectivity index (χ0) is 12.6. The first kappa shape index (κ1) is 11.4. The number of hydrogen-bond acceptors (Lipinski definition) is 6. The van der Waals surface area contributed by atoms with Gasteiger partial charge in [0.2, 0.25) is 11.7 Å². The summed E-state index contributed by atoms with van der Waals surface area (Å²) >= 11 is 0. The molecule has 0 bridgehead atoms. The van der Waals surface area contributed by atoms with E-state index in [1.165, 1.54) is 0 Å². The van der Waals surface area contributed by atoms with Gasteiger partial charge in [-0.15, -0.1) is 0 Å². The molecule has 0 aromatic carbocycles. The summed E-state index contributed by atoms with van der Waals surface area (Å²) in [6, 6.07) is 1.82. The molecule has 6 heteroatoms. The molecule has 18 heavy (non-hydrogen) atoms. The van der Waals surface area contributed by atoms with Crippen molar-refractivity contribution in [2.24, 2.45) is 5.73 Å². The summed E-state index contributed by atoms with van der Waals surface area (Å²) in [7, 11) is 0. The Morgan fingerprint density at radius 3 is 2.78 bits per heavy atom. The Labute approximate surface area is 104 Å². The highest BCUT2D eigenvalue weighted by atomic mass is 16.5. The lowest BCUT2D eigenvalue weighted by Crippen LogP contribution is -2.42. The van der Waals surface area contributed by atoms with Gasteiger partial charge in [0.15, 0.2) is 0 Å². The molecule has 96 valence electrons. The van der Waals surface area contributed by atoms with Crippen molar-refractivity contribution in [2.75, 3.05) is 13.2 Å². The van der Waals surface area contributed by atoms with Crippen molar-refractivity contribution in [1.29, 1.82) is 0 Å². The maximum absolute atomic E-state index is 6.29. The van der Waals surface area contributed by atoms with Crippen LogP contribution in [0.15, 0.2) is 21.3 Å². The van der Waals surface area contributed by atoms with E-state index < -0.39 is 5.54 Å². The van der Waals surface area contributed by atoms with Gasteiger partial charge in [0.05, 0.1) is 11.8 Å². The minimum Gasteiger partial charge on any atom is -0.469 e. The van der Waals surface area contributed by atoms with Crippen molar-refractivity contribution < 1.29 is 13.7 Å². The summed E-state index contributed by atoms with van der Waals surface area (Å²) in [5.41, 5.74) is 6.55. The predicted molar refractivity (Wildman–Crippen MR) is 62.7 cm³/mol. The molecule has 0 aliphatic carbocycles. The summed E-state index contributed by atoms with van der Waals surface area (Å²) in [5.74, 6) is 1.76. The Morgan fingerprint density at radius 1 is 1.33 bits per heavy atom. The fourth-order valence-electron chi connectivity index (χ4n) is 2.10. The van der Waals surface area contributed by atoms with E-state index in [-0.39, 0.29) is 0 Å². The Morgan fingerprint density at radius 2 is 2.11 bits per heavy atom. The molecule has 1 aliphatic heterocycles. The molecule has 6 nitrogen and oxygen atoms in total. The molecule has 3 heterocycles. The Hall–Kier alpha value is -1.66. The maximum Gasteiger partial charge on any atom is 0.247 e. The van der Waals surface area contributed by atoms with E-state index in [9.17, 15) is 0 Å². The second-order valence-corrected chi connectivity index (χ2v) is 4.58. The SMILES string of the molecule is Cc1occc1-c1noc(C2(N)CCOCC2)n1. The maximum atomic E-state index is 6.29. The van der Waals surface area contributed by atoms with Crippen LogP contribution >= 0.6 is 0 Å². The standard InChI is InChI=1S/C12H15N3O3/c1-8-9(2-5-17-8)10-14-11(18-15-10)12(13)3-6-16-7-4-12/h2,5H,3-4,6-7,13H2,1H3. The Bertz CT molecular complexity index is 540. The summed E-state index contributed by atoms with van der Waals surface area (Å²) in [5, 5.41) is 3.97. The lowest BCUT2D eigenvalue weighted by molar-refractivity contribution is 0.0400. The molecule has 0 saturated carbocycles. The molecule has 2 aromatic heterocycles. The topological polar surface area (TPSA) is 87.3 Å². The third kappa shape index (κ3) is 1.83. The van der Waals surface area contributed by atoms with Crippen LogP contribution in [0, 0.1) is 6.92 Å². The van der Waals surface area contributed by atoms with Crippen LogP contribution in [0.2, 0.25) is 0 Å². The van der Waals surface area contributed by atoms with Crippen molar-refractivity contribution in [1.82, 2.24) is 10.1 Å². The quantitative estimate of drug-likeness (QED) is 0.869. The van der Waals surface area contributed by atoms with Gasteiger partial charge in [0, 0.05) is 13.2 Å². The van der Waals surface area contributed by atoms with Crippen molar-refractivity contribution >= 4 is 0 Å². The number of hydrogen-bond donors (Lipinski definition) is 1. The highest BCUT2D eigenvalue weighted by Gasteiger charge is 2.36. The predicted octanol–water partition coefficient (Wildman–Crippen LogP) is 1.60. The van der Waals surface area contributed by atoms with Crippen LogP contribution in [0.25, 0.3) is 11.4 Å². The minimum atomic E-state index is -0.568. The monoisotopic (exact) mass is 249 g/mol. The summed E-state index contributed by atoms with van der Waals surface area (Å²) in [4.78, 5) is 4.39. The third-order valence-corrected chi connectivity index (χ3v) is 3.34. The van der Waals surface area contributed by atoms with Gasteiger partial charge >= 0.3 is 0 Å². The van der Waals surface area contributed by atoms with Crippen molar-refractivity contribution in [3.05, 3.63) is 24.0 Å². The molecule has 0 spiro atoms. The van der Waals surface area contributed by atoms with Crippen LogP contribution in [-0.4, -0.2) is 23.4 Å². The highest BCUT2D eigenvalue weighted by Crippen LogP contribution is 2.30. The summed E-state index contributed by atoms with van der Waals surface area (Å²) < 4.78 is 15.8. The number of nitrogens with zero attached hydrogens (tertiary/aromatic N) is 2. The van der Waals surface area contributed by atoms with Crippen molar-refractivity contribution in [3.63, 3.8) is 0 Å². The number of furan rings is 1. The second-order valence-electron chi connectivity index (χ2n) is 4.58. The van der Waals surface area contributed by atoms with Crippen LogP contribution in [0.5, 0.6) is 0 Å². The number of aromatic nitrogens is 2. The average molecular weight is 249 g/mol. The molecule has 2 N–H and O–H groups in total. The van der Waals surface area contributed by atoms with Gasteiger partial charge in [-0.3, -0.25) is 0 Å². The van der Waals surface area contributed by atoms with Crippen LogP contribution in [-0.2, 0) is 10.3 Å². The zero-order valence-electron chi connectivity index (χ0n) is 10.2. The zero-order valence-corrected chi connectivity index (χ0v) is 10.2. The van der Waals surface area contributed by atoms with E-state index in [0.717, 1.165) is 11.3 Å². The lowest BCUT2D eigenvalue weighted by Gasteiger charge is -2.29. The van der Waals surface area contributed by atoms with E-state index in [0.29, 0.717) is 37.8 Å². The van der Waals surface area contributed by atoms with E-state index in [4.69, 9.17) is 19.4 Å². The van der Waals surface area contributed by atoms with Gasteiger partial charge in [0.25, 0.3) is 0 Å². The van der Waals surface area contributed by atoms with Gasteiger partial charge in [-0.2, -0.15) is 4.98 Å². The van der Waals surface area contributed by atoms with Crippen LogP contribution < -0.4 is 5.73 Å². The number of rotatable bonds is 2. The molecular formula is C12H15N3O3. The van der Waals surface area contributed by atoms with Crippen molar-refractivity contribution in [2.45, 2.75) is 25.3 Å². The van der Waals surface area contributed by atoms with E-state index in [2.05, 4.69) is 10.1 Å². The second kappa shape index (κ2) is 4.22. The largest absolute Gasteiger partial charge is 0.469 e. The smallest absolute Gasteiger partial charge is 0.247 e. The highest BCUT2D eigenvalue weighted by molar-refractivity contribution is 5.56. The van der Waals surface area contributed by atoms with Crippen LogP contribution in [0.1, 0.15) is 24.5 Å². The first-order valence-electron chi connectivity index (χ1n) is 5.94. The van der Waals surface area contributed by atoms with Crippen LogP contribution in [0.4, 0.5) is 0 Å². The number of ether oxygens (including phenoxy) is 1. The molecule has 0 amide bonds. The molecule has 0 unspecified atom stereocenters. The molecular weight excluding hydrogens is 234 g/mol. The van der Waals surface area contributed by atoms with Gasteiger partial charge in [-0.1, -0.05) is 5.16 Å². The first-order valence-corrected chi connectivity index (χ1v) is 5.94. The van der Waals surface area contributed by atoms with Gasteiger partial charge in [-0.05, 0) is 25.8 Å². The molecule has 3 rings (SSSR count). The molecule has 1 aliphatic rings. The van der Waals surface area contributed by atoms with E-state index in [1.807, 2.05) is 13.0 Å². The Kier molecular flexibility index (Phi) is 2.68. The van der Waals surface area contributed by atoms with Crippen LogP contribution in [0.3, 0.4) is 0 Å². The van der Waals surface area contributed by atoms with E-state index in [1.54, 1.807) is 6.26 Å². The fraction of sp³-hybridized carbons (Fsp3) is 0.500. The first-order chi connectivity index (χ1) is 8.69. The molecule has 0 atom stereocenters. The Balaban J connectivity index is 1.92. The third-order valence-electron chi connectivity index (χ3n) is 3.34. The minimum absolute atomic E-state index is 0.474. The number of nitrogens with two attached hydrogens (primary N) is 1. The van der Waals surface area contributed by atoms with Gasteiger partial charge < -0.3 is 19.4 Å². The fourth-order valence-corrected chi connectivity index (χ4v) is 2.10. The number of aryl methyl sites for hydroxylation is 1. The van der Waals surface area contributed by atoms with Gasteiger partial charge in [-0.25, -0.2) is 0 Å². The lowest BCUT2D eigenvalue weighted by atomic mass is 9.91. The molecule has 1 fully saturated rings.